The lowest BCUT2D eigenvalue weighted by atomic mass is 9.59. The van der Waals surface area contributed by atoms with Crippen molar-refractivity contribution in [3.8, 4) is 5.75 Å². The molecule has 1 heterocycles. The van der Waals surface area contributed by atoms with Crippen molar-refractivity contribution in [1.29, 1.82) is 0 Å². The molecule has 3 heteroatoms. The third-order valence-corrected chi connectivity index (χ3v) is 5.65. The highest BCUT2D eigenvalue weighted by molar-refractivity contribution is 5.43. The van der Waals surface area contributed by atoms with Gasteiger partial charge in [-0.25, -0.2) is 0 Å². The summed E-state index contributed by atoms with van der Waals surface area (Å²) < 4.78 is 0. The molecule has 0 radical (unpaired) electrons. The fraction of sp³-hybridized carbons (Fsp3) is 0.529. The van der Waals surface area contributed by atoms with Gasteiger partial charge in [-0.1, -0.05) is 26.5 Å². The predicted molar refractivity (Wildman–Crippen MR) is 77.6 cm³/mol. The number of nitrogens with one attached hydrogen (secondary N) is 1. The number of phenolic OH excluding ortho intramolecular Hbond substituents is 1. The maximum Gasteiger partial charge on any atom is 0.115 e. The van der Waals surface area contributed by atoms with Gasteiger partial charge in [0.15, 0.2) is 0 Å². The van der Waals surface area contributed by atoms with Crippen molar-refractivity contribution in [2.75, 3.05) is 13.1 Å². The number of piperidine rings is 1. The summed E-state index contributed by atoms with van der Waals surface area (Å²) in [6, 6.07) is 6.65. The van der Waals surface area contributed by atoms with Crippen LogP contribution in [0.3, 0.4) is 0 Å². The third kappa shape index (κ3) is 2.15. The van der Waals surface area contributed by atoms with Gasteiger partial charge in [0, 0.05) is 24.2 Å². The Morgan fingerprint density at radius 3 is 2.95 bits per heavy atom. The predicted octanol–water partition coefficient (Wildman–Crippen LogP) is -1.31. The van der Waals surface area contributed by atoms with Crippen LogP contribution in [0.15, 0.2) is 30.9 Å². The van der Waals surface area contributed by atoms with Crippen LogP contribution in [0.25, 0.3) is 0 Å². The lowest BCUT2D eigenvalue weighted by molar-refractivity contribution is -0.931. The van der Waals surface area contributed by atoms with Crippen molar-refractivity contribution in [3.05, 3.63) is 42.0 Å². The molecule has 2 aliphatic rings. The Morgan fingerprint density at radius 1 is 1.50 bits per heavy atom. The largest absolute Gasteiger partial charge is 1.00 e. The van der Waals surface area contributed by atoms with Crippen LogP contribution in [0.1, 0.15) is 31.4 Å². The van der Waals surface area contributed by atoms with E-state index in [1.807, 2.05) is 12.1 Å². The monoisotopic (exact) mass is 293 g/mol. The summed E-state index contributed by atoms with van der Waals surface area (Å²) in [7, 11) is 0. The van der Waals surface area contributed by atoms with E-state index in [4.69, 9.17) is 0 Å². The molecule has 1 aromatic carbocycles. The van der Waals surface area contributed by atoms with E-state index in [0.717, 1.165) is 13.0 Å². The van der Waals surface area contributed by atoms with Crippen LogP contribution >= 0.6 is 0 Å². The molecule has 3 rings (SSSR count). The van der Waals surface area contributed by atoms with Crippen LogP contribution < -0.4 is 17.3 Å². The van der Waals surface area contributed by atoms with Gasteiger partial charge >= 0.3 is 0 Å². The van der Waals surface area contributed by atoms with Gasteiger partial charge in [-0.2, -0.15) is 0 Å². The Kier molecular flexibility index (Phi) is 4.17. The fourth-order valence-electron chi connectivity index (χ4n) is 4.28. The van der Waals surface area contributed by atoms with Crippen molar-refractivity contribution < 1.29 is 22.4 Å². The molecule has 1 aliphatic heterocycles. The zero-order valence-corrected chi connectivity index (χ0v) is 13.1. The molecule has 2 bridgehead atoms. The lowest BCUT2D eigenvalue weighted by Gasteiger charge is -2.52. The van der Waals surface area contributed by atoms with Crippen molar-refractivity contribution >= 4 is 0 Å². The molecule has 1 saturated heterocycles. The summed E-state index contributed by atoms with van der Waals surface area (Å²) in [6.45, 7) is 11.0. The van der Waals surface area contributed by atoms with E-state index in [1.165, 1.54) is 24.1 Å². The normalized spacial score (nSPS) is 34.8. The quantitative estimate of drug-likeness (QED) is 0.651. The maximum absolute atomic E-state index is 9.80. The first-order valence-corrected chi connectivity index (χ1v) is 7.34. The third-order valence-electron chi connectivity index (χ3n) is 5.65. The molecule has 110 valence electrons. The van der Waals surface area contributed by atoms with E-state index in [1.54, 1.807) is 4.90 Å². The Bertz CT molecular complexity index is 516. The summed E-state index contributed by atoms with van der Waals surface area (Å²) in [5.74, 6) is 1.07. The first-order chi connectivity index (χ1) is 9.06. The minimum Gasteiger partial charge on any atom is -1.00 e. The van der Waals surface area contributed by atoms with Gasteiger partial charge in [-0.15, -0.1) is 0 Å². The highest BCUT2D eigenvalue weighted by Gasteiger charge is 2.50. The van der Waals surface area contributed by atoms with Crippen LogP contribution in [0, 0.1) is 5.92 Å². The Labute approximate surface area is 127 Å². The number of benzene rings is 1. The van der Waals surface area contributed by atoms with E-state index in [0.29, 0.717) is 17.7 Å². The Balaban J connectivity index is 0.00000147. The number of likely N-dealkylation sites (tertiary alicyclic amines) is 1. The van der Waals surface area contributed by atoms with Gasteiger partial charge in [0.2, 0.25) is 0 Å². The highest BCUT2D eigenvalue weighted by atomic mass is 35.5. The number of rotatable bonds is 2. The molecule has 2 nitrogen and oxygen atoms in total. The molecule has 1 aromatic rings. The second-order valence-electron chi connectivity index (χ2n) is 6.51. The summed E-state index contributed by atoms with van der Waals surface area (Å²) >= 11 is 0. The summed E-state index contributed by atoms with van der Waals surface area (Å²) in [4.78, 5) is 1.68. The van der Waals surface area contributed by atoms with Crippen molar-refractivity contribution in [2.45, 2.75) is 38.1 Å². The van der Waals surface area contributed by atoms with Gasteiger partial charge in [-0.05, 0) is 29.3 Å². The van der Waals surface area contributed by atoms with Crippen molar-refractivity contribution in [1.82, 2.24) is 0 Å². The summed E-state index contributed by atoms with van der Waals surface area (Å²) in [6.07, 6.45) is 4.39. The second-order valence-corrected chi connectivity index (χ2v) is 6.51. The number of fused-ring (bicyclic) bond motifs is 4. The summed E-state index contributed by atoms with van der Waals surface area (Å²) in [5.41, 5.74) is 3.04. The SMILES string of the molecule is C=CC[NH+]1CC[C@@]2(C)c3cc(O)ccc3C[C@@H]1[C@@H]2C.[Cl-]. The lowest BCUT2D eigenvalue weighted by Crippen LogP contribution is -3.18. The number of hydrogen-bond donors (Lipinski definition) is 2. The number of hydrogen-bond acceptors (Lipinski definition) is 1. The van der Waals surface area contributed by atoms with Crippen LogP contribution in [0.4, 0.5) is 0 Å². The second kappa shape index (κ2) is 5.42. The molecule has 0 amide bonds. The average molecular weight is 294 g/mol. The van der Waals surface area contributed by atoms with Crippen LogP contribution in [0.2, 0.25) is 0 Å². The van der Waals surface area contributed by atoms with Gasteiger partial charge in [0.25, 0.3) is 0 Å². The Morgan fingerprint density at radius 2 is 2.25 bits per heavy atom. The van der Waals surface area contributed by atoms with Crippen molar-refractivity contribution in [2.24, 2.45) is 5.92 Å². The van der Waals surface area contributed by atoms with Crippen molar-refractivity contribution in [3.63, 3.8) is 0 Å². The maximum atomic E-state index is 9.80. The molecule has 20 heavy (non-hydrogen) atoms. The topological polar surface area (TPSA) is 24.7 Å². The van der Waals surface area contributed by atoms with Crippen LogP contribution in [0.5, 0.6) is 5.75 Å². The number of aromatic hydroxyl groups is 1. The highest BCUT2D eigenvalue weighted by Crippen LogP contribution is 2.45. The first-order valence-electron chi connectivity index (χ1n) is 7.34. The smallest absolute Gasteiger partial charge is 0.115 e. The molecular formula is C17H24ClNO. The van der Waals surface area contributed by atoms with Gasteiger partial charge < -0.3 is 22.4 Å². The molecule has 1 fully saturated rings. The average Bonchev–Trinajstić information content (AvgIpc) is 2.38. The summed E-state index contributed by atoms with van der Waals surface area (Å²) in [5, 5.41) is 9.80. The molecule has 4 atom stereocenters. The first kappa shape index (κ1) is 15.4. The number of quaternary nitrogens is 1. The van der Waals surface area contributed by atoms with E-state index < -0.39 is 0 Å². The van der Waals surface area contributed by atoms with Gasteiger partial charge in [-0.3, -0.25) is 0 Å². The van der Waals surface area contributed by atoms with Gasteiger partial charge in [0.05, 0.1) is 19.1 Å². The molecular weight excluding hydrogens is 270 g/mol. The van der Waals surface area contributed by atoms with Crippen LogP contribution in [-0.4, -0.2) is 24.2 Å². The van der Waals surface area contributed by atoms with E-state index >= 15 is 0 Å². The minimum absolute atomic E-state index is 0. The zero-order chi connectivity index (χ0) is 13.6. The molecule has 0 aromatic heterocycles. The van der Waals surface area contributed by atoms with E-state index in [9.17, 15) is 5.11 Å². The van der Waals surface area contributed by atoms with Crippen LogP contribution in [-0.2, 0) is 11.8 Å². The van der Waals surface area contributed by atoms with E-state index in [2.05, 4.69) is 32.6 Å². The molecule has 0 saturated carbocycles. The molecule has 2 N–H and O–H groups in total. The number of phenols is 1. The number of halogens is 1. The minimum atomic E-state index is 0. The van der Waals surface area contributed by atoms with E-state index in [-0.39, 0.29) is 17.8 Å². The molecule has 1 unspecified atom stereocenters. The molecule has 1 aliphatic carbocycles. The molecule has 0 spiro atoms. The standard InChI is InChI=1S/C17H23NO.ClH/c1-4-8-18-9-7-17(3)12(2)16(18)10-13-5-6-14(19)11-15(13)17;/h4-6,11-12,16,19H,1,7-10H2,2-3H3;1H/t12-,16+,17+;/m0./s1. The van der Waals surface area contributed by atoms with Gasteiger partial charge in [0.1, 0.15) is 5.75 Å². The fourth-order valence-corrected chi connectivity index (χ4v) is 4.28. The Hall–Kier alpha value is -0.990. The zero-order valence-electron chi connectivity index (χ0n) is 12.3.